The molecule has 0 bridgehead atoms. The Bertz CT molecular complexity index is 997. The van der Waals surface area contributed by atoms with Crippen LogP contribution in [0, 0.1) is 12.8 Å². The molecule has 1 saturated heterocycles. The smallest absolute Gasteiger partial charge is 0.349 e. The molecule has 1 fully saturated rings. The second-order valence-electron chi connectivity index (χ2n) is 6.85. The van der Waals surface area contributed by atoms with Gasteiger partial charge in [0.2, 0.25) is 0 Å². The van der Waals surface area contributed by atoms with Crippen LogP contribution in [0.3, 0.4) is 0 Å². The SMILES string of the molecule is Cc1nccn1CC1CCN(C(=O)c2cc3ccccc3oc2=O)CC1. The number of imidazole rings is 1. The molecule has 0 aliphatic carbocycles. The monoisotopic (exact) mass is 351 g/mol. The van der Waals surface area contributed by atoms with Crippen LogP contribution in [0.2, 0.25) is 0 Å². The number of carbonyl (C=O) groups excluding carboxylic acids is 1. The lowest BCUT2D eigenvalue weighted by Crippen LogP contribution is -2.41. The number of hydrogen-bond acceptors (Lipinski definition) is 4. The molecule has 3 heterocycles. The maximum absolute atomic E-state index is 12.8. The summed E-state index contributed by atoms with van der Waals surface area (Å²) in [4.78, 5) is 31.0. The predicted molar refractivity (Wildman–Crippen MR) is 98.1 cm³/mol. The minimum absolute atomic E-state index is 0.118. The van der Waals surface area contributed by atoms with Gasteiger partial charge in [0.1, 0.15) is 17.0 Å². The first kappa shape index (κ1) is 16.6. The number of aromatic nitrogens is 2. The van der Waals surface area contributed by atoms with Crippen LogP contribution in [0.4, 0.5) is 0 Å². The number of hydrogen-bond donors (Lipinski definition) is 0. The Kier molecular flexibility index (Phi) is 4.32. The molecule has 134 valence electrons. The molecule has 1 aromatic carbocycles. The molecule has 0 radical (unpaired) electrons. The van der Waals surface area contributed by atoms with E-state index in [1.165, 1.54) is 0 Å². The van der Waals surface area contributed by atoms with Gasteiger partial charge in [0.25, 0.3) is 5.91 Å². The van der Waals surface area contributed by atoms with Gasteiger partial charge in [-0.2, -0.15) is 0 Å². The van der Waals surface area contributed by atoms with Crippen LogP contribution in [-0.4, -0.2) is 33.4 Å². The zero-order valence-corrected chi connectivity index (χ0v) is 14.7. The molecular formula is C20H21N3O3. The summed E-state index contributed by atoms with van der Waals surface area (Å²) in [6.45, 7) is 4.23. The minimum Gasteiger partial charge on any atom is -0.422 e. The molecular weight excluding hydrogens is 330 g/mol. The highest BCUT2D eigenvalue weighted by Gasteiger charge is 2.26. The normalized spacial score (nSPS) is 15.5. The van der Waals surface area contributed by atoms with E-state index >= 15 is 0 Å². The Morgan fingerprint density at radius 3 is 2.77 bits per heavy atom. The Labute approximate surface area is 151 Å². The number of benzene rings is 1. The van der Waals surface area contributed by atoms with Crippen LogP contribution < -0.4 is 5.63 Å². The van der Waals surface area contributed by atoms with Gasteiger partial charge in [0, 0.05) is 37.4 Å². The van der Waals surface area contributed by atoms with Gasteiger partial charge in [-0.3, -0.25) is 4.79 Å². The highest BCUT2D eigenvalue weighted by molar-refractivity contribution is 5.96. The lowest BCUT2D eigenvalue weighted by atomic mass is 9.96. The van der Waals surface area contributed by atoms with E-state index in [9.17, 15) is 9.59 Å². The zero-order valence-electron chi connectivity index (χ0n) is 14.7. The van der Waals surface area contributed by atoms with Crippen LogP contribution in [0.25, 0.3) is 11.0 Å². The van der Waals surface area contributed by atoms with Gasteiger partial charge in [-0.25, -0.2) is 9.78 Å². The fraction of sp³-hybridized carbons (Fsp3) is 0.350. The number of aryl methyl sites for hydroxylation is 1. The van der Waals surface area contributed by atoms with Crippen LogP contribution in [0.5, 0.6) is 0 Å². The fourth-order valence-corrected chi connectivity index (χ4v) is 3.57. The van der Waals surface area contributed by atoms with Crippen molar-refractivity contribution in [3.63, 3.8) is 0 Å². The van der Waals surface area contributed by atoms with Crippen molar-refractivity contribution in [2.24, 2.45) is 5.92 Å². The largest absolute Gasteiger partial charge is 0.422 e. The van der Waals surface area contributed by atoms with Crippen molar-refractivity contribution in [3.05, 3.63) is 64.5 Å². The van der Waals surface area contributed by atoms with Crippen LogP contribution >= 0.6 is 0 Å². The topological polar surface area (TPSA) is 68.3 Å². The van der Waals surface area contributed by atoms with Gasteiger partial charge >= 0.3 is 5.63 Å². The van der Waals surface area contributed by atoms with E-state index in [2.05, 4.69) is 9.55 Å². The number of rotatable bonds is 3. The summed E-state index contributed by atoms with van der Waals surface area (Å²) in [5.41, 5.74) is 0.0564. The molecule has 0 unspecified atom stereocenters. The van der Waals surface area contributed by atoms with Crippen LogP contribution in [0.15, 0.2) is 51.9 Å². The zero-order chi connectivity index (χ0) is 18.1. The first-order valence-electron chi connectivity index (χ1n) is 8.92. The molecule has 0 spiro atoms. The van der Waals surface area contributed by atoms with Crippen molar-refractivity contribution >= 4 is 16.9 Å². The third kappa shape index (κ3) is 3.14. The Morgan fingerprint density at radius 2 is 2.04 bits per heavy atom. The number of amides is 1. The summed E-state index contributed by atoms with van der Waals surface area (Å²) in [7, 11) is 0. The lowest BCUT2D eigenvalue weighted by molar-refractivity contribution is 0.0678. The maximum Gasteiger partial charge on any atom is 0.349 e. The van der Waals surface area contributed by atoms with Gasteiger partial charge in [0.05, 0.1) is 0 Å². The molecule has 2 aromatic heterocycles. The molecule has 1 amide bonds. The van der Waals surface area contributed by atoms with Gasteiger partial charge in [-0.1, -0.05) is 18.2 Å². The van der Waals surface area contributed by atoms with E-state index in [1.807, 2.05) is 31.5 Å². The van der Waals surface area contributed by atoms with Crippen molar-refractivity contribution < 1.29 is 9.21 Å². The molecule has 6 heteroatoms. The van der Waals surface area contributed by atoms with Gasteiger partial charge in [-0.05, 0) is 37.8 Å². The summed E-state index contributed by atoms with van der Waals surface area (Å²) in [6, 6.07) is 8.88. The molecule has 1 aliphatic heterocycles. The van der Waals surface area contributed by atoms with E-state index in [0.29, 0.717) is 24.6 Å². The third-order valence-electron chi connectivity index (χ3n) is 5.15. The summed E-state index contributed by atoms with van der Waals surface area (Å²) in [5.74, 6) is 1.29. The number of piperidine rings is 1. The molecule has 3 aromatic rings. The van der Waals surface area contributed by atoms with Gasteiger partial charge in [0.15, 0.2) is 0 Å². The Balaban J connectivity index is 1.46. The molecule has 0 atom stereocenters. The second-order valence-corrected chi connectivity index (χ2v) is 6.85. The minimum atomic E-state index is -0.565. The first-order valence-corrected chi connectivity index (χ1v) is 8.92. The number of nitrogens with zero attached hydrogens (tertiary/aromatic N) is 3. The van der Waals surface area contributed by atoms with E-state index in [1.54, 1.807) is 23.1 Å². The van der Waals surface area contributed by atoms with E-state index in [-0.39, 0.29) is 11.5 Å². The average molecular weight is 351 g/mol. The van der Waals surface area contributed by atoms with E-state index in [0.717, 1.165) is 30.6 Å². The number of fused-ring (bicyclic) bond motifs is 1. The van der Waals surface area contributed by atoms with E-state index in [4.69, 9.17) is 4.42 Å². The maximum atomic E-state index is 12.8. The summed E-state index contributed by atoms with van der Waals surface area (Å²) >= 11 is 0. The van der Waals surface area contributed by atoms with Gasteiger partial charge < -0.3 is 13.9 Å². The average Bonchev–Trinajstić information content (AvgIpc) is 3.06. The van der Waals surface area contributed by atoms with Crippen molar-refractivity contribution in [1.82, 2.24) is 14.5 Å². The molecule has 1 aliphatic rings. The van der Waals surface area contributed by atoms with Crippen LogP contribution in [-0.2, 0) is 6.54 Å². The third-order valence-corrected chi connectivity index (χ3v) is 5.15. The van der Waals surface area contributed by atoms with Crippen molar-refractivity contribution in [1.29, 1.82) is 0 Å². The highest BCUT2D eigenvalue weighted by Crippen LogP contribution is 2.21. The summed E-state index contributed by atoms with van der Waals surface area (Å²) in [6.07, 6.45) is 5.64. The Hall–Kier alpha value is -2.89. The van der Waals surface area contributed by atoms with Crippen LogP contribution in [0.1, 0.15) is 29.0 Å². The second kappa shape index (κ2) is 6.78. The molecule has 6 nitrogen and oxygen atoms in total. The van der Waals surface area contributed by atoms with Crippen molar-refractivity contribution in [3.8, 4) is 0 Å². The number of likely N-dealkylation sites (tertiary alicyclic amines) is 1. The van der Waals surface area contributed by atoms with Crippen molar-refractivity contribution in [2.45, 2.75) is 26.3 Å². The standard InChI is InChI=1S/C20H21N3O3/c1-14-21-8-11-23(14)13-15-6-9-22(10-7-15)19(24)17-12-16-4-2-3-5-18(16)26-20(17)25/h2-5,8,11-12,15H,6-7,9-10,13H2,1H3. The molecule has 0 N–H and O–H groups in total. The Morgan fingerprint density at radius 1 is 1.27 bits per heavy atom. The predicted octanol–water partition coefficient (Wildman–Crippen LogP) is 2.85. The summed E-state index contributed by atoms with van der Waals surface area (Å²) < 4.78 is 7.45. The molecule has 4 rings (SSSR count). The molecule has 0 saturated carbocycles. The first-order chi connectivity index (χ1) is 12.6. The van der Waals surface area contributed by atoms with Crippen molar-refractivity contribution in [2.75, 3.05) is 13.1 Å². The number of carbonyl (C=O) groups is 1. The molecule has 26 heavy (non-hydrogen) atoms. The summed E-state index contributed by atoms with van der Waals surface area (Å²) in [5, 5.41) is 0.765. The quantitative estimate of drug-likeness (QED) is 0.681. The lowest BCUT2D eigenvalue weighted by Gasteiger charge is -2.32. The number of para-hydroxylation sites is 1. The van der Waals surface area contributed by atoms with E-state index < -0.39 is 5.63 Å². The van der Waals surface area contributed by atoms with Gasteiger partial charge in [-0.15, -0.1) is 0 Å². The highest BCUT2D eigenvalue weighted by atomic mass is 16.4. The fourth-order valence-electron chi connectivity index (χ4n) is 3.57.